The van der Waals surface area contributed by atoms with Crippen LogP contribution in [0.4, 0.5) is 5.69 Å². The Bertz CT molecular complexity index is 1040. The molecule has 0 saturated heterocycles. The molecule has 2 aliphatic heterocycles. The summed E-state index contributed by atoms with van der Waals surface area (Å²) in [7, 11) is 0. The van der Waals surface area contributed by atoms with Gasteiger partial charge in [-0.3, -0.25) is 19.4 Å². The zero-order valence-corrected chi connectivity index (χ0v) is 16.6. The Balaban J connectivity index is 1.52. The molecule has 0 N–H and O–H groups in total. The van der Waals surface area contributed by atoms with Crippen molar-refractivity contribution in [1.82, 2.24) is 4.90 Å². The van der Waals surface area contributed by atoms with E-state index in [4.69, 9.17) is 11.6 Å². The highest BCUT2D eigenvalue weighted by Crippen LogP contribution is 2.40. The number of hydrogen-bond donors (Lipinski definition) is 0. The van der Waals surface area contributed by atoms with Crippen LogP contribution in [-0.4, -0.2) is 29.8 Å². The van der Waals surface area contributed by atoms with Gasteiger partial charge in [0.1, 0.15) is 0 Å². The molecule has 2 aromatic heterocycles. The van der Waals surface area contributed by atoms with Gasteiger partial charge in [-0.25, -0.2) is 0 Å². The first kappa shape index (κ1) is 17.1. The fraction of sp³-hybridized carbons (Fsp3) is 0.200. The quantitative estimate of drug-likeness (QED) is 0.588. The van der Waals surface area contributed by atoms with Crippen molar-refractivity contribution in [1.29, 1.82) is 0 Å². The van der Waals surface area contributed by atoms with Gasteiger partial charge in [-0.15, -0.1) is 22.7 Å². The molecule has 0 spiro atoms. The molecule has 2 aliphatic rings. The van der Waals surface area contributed by atoms with E-state index < -0.39 is 11.7 Å². The number of rotatable bonds is 3. The number of nitrogens with zero attached hydrogens (tertiary/aromatic N) is 2. The number of Topliss-reactive ketones (excluding diaryl/α,β-unsaturated/α-hetero) is 1. The summed E-state index contributed by atoms with van der Waals surface area (Å²) in [6.07, 6.45) is 0.957. The van der Waals surface area contributed by atoms with Crippen molar-refractivity contribution in [2.75, 3.05) is 18.1 Å². The normalized spacial score (nSPS) is 19.4. The fourth-order valence-electron chi connectivity index (χ4n) is 3.90. The van der Waals surface area contributed by atoms with Gasteiger partial charge >= 0.3 is 5.91 Å². The maximum absolute atomic E-state index is 12.6. The van der Waals surface area contributed by atoms with E-state index >= 15 is 0 Å². The molecule has 0 saturated carbocycles. The van der Waals surface area contributed by atoms with Gasteiger partial charge in [-0.1, -0.05) is 17.7 Å². The molecule has 3 aromatic rings. The number of hydrogen-bond acceptors (Lipinski definition) is 5. The van der Waals surface area contributed by atoms with Crippen LogP contribution in [0, 0.1) is 0 Å². The third kappa shape index (κ3) is 2.75. The van der Waals surface area contributed by atoms with Crippen molar-refractivity contribution < 1.29 is 9.59 Å². The summed E-state index contributed by atoms with van der Waals surface area (Å²) in [5.41, 5.74) is 2.35. The Hall–Kier alpha value is -1.99. The molecule has 0 aliphatic carbocycles. The third-order valence-electron chi connectivity index (χ3n) is 5.13. The van der Waals surface area contributed by atoms with Crippen molar-refractivity contribution >= 4 is 51.7 Å². The van der Waals surface area contributed by atoms with Gasteiger partial charge in [0.2, 0.25) is 0 Å². The average Bonchev–Trinajstić information content (AvgIpc) is 3.39. The number of ketones is 1. The molecule has 0 radical (unpaired) electrons. The molecule has 0 bridgehead atoms. The Morgan fingerprint density at radius 1 is 1.11 bits per heavy atom. The van der Waals surface area contributed by atoms with Crippen LogP contribution in [0.2, 0.25) is 5.02 Å². The largest absolute Gasteiger partial charge is 0.300 e. The molecule has 7 heteroatoms. The van der Waals surface area contributed by atoms with Gasteiger partial charge in [0.25, 0.3) is 5.78 Å². The summed E-state index contributed by atoms with van der Waals surface area (Å²) >= 11 is 9.53. The number of fused-ring (bicyclic) bond motifs is 2. The van der Waals surface area contributed by atoms with Crippen molar-refractivity contribution in [3.63, 3.8) is 0 Å². The molecule has 4 nitrogen and oxygen atoms in total. The van der Waals surface area contributed by atoms with Gasteiger partial charge in [0.15, 0.2) is 0 Å². The van der Waals surface area contributed by atoms with Crippen LogP contribution >= 0.6 is 34.3 Å². The fourth-order valence-corrected chi connectivity index (χ4v) is 5.85. The zero-order valence-electron chi connectivity index (χ0n) is 14.2. The van der Waals surface area contributed by atoms with Gasteiger partial charge in [0.05, 0.1) is 24.0 Å². The highest BCUT2D eigenvalue weighted by atomic mass is 35.5. The smallest absolute Gasteiger partial charge is 0.291 e. The predicted octanol–water partition coefficient (Wildman–Crippen LogP) is 4.60. The van der Waals surface area contributed by atoms with Gasteiger partial charge in [-0.2, -0.15) is 0 Å². The average molecular weight is 415 g/mol. The van der Waals surface area contributed by atoms with Crippen LogP contribution in [0.15, 0.2) is 47.2 Å². The summed E-state index contributed by atoms with van der Waals surface area (Å²) in [6.45, 7) is 1.23. The van der Waals surface area contributed by atoms with Crippen molar-refractivity contribution in [2.24, 2.45) is 0 Å². The molecule has 1 amide bonds. The van der Waals surface area contributed by atoms with E-state index in [1.807, 2.05) is 0 Å². The first-order chi connectivity index (χ1) is 13.1. The monoisotopic (exact) mass is 414 g/mol. The van der Waals surface area contributed by atoms with Crippen molar-refractivity contribution in [2.45, 2.75) is 12.5 Å². The van der Waals surface area contributed by atoms with Crippen LogP contribution < -0.4 is 4.90 Å². The molecule has 5 rings (SSSR count). The van der Waals surface area contributed by atoms with E-state index in [0.717, 1.165) is 13.0 Å². The lowest BCUT2D eigenvalue weighted by Gasteiger charge is -2.37. The minimum Gasteiger partial charge on any atom is -0.291 e. The van der Waals surface area contributed by atoms with Crippen LogP contribution in [0.3, 0.4) is 0 Å². The van der Waals surface area contributed by atoms with E-state index in [2.05, 4.69) is 33.9 Å². The summed E-state index contributed by atoms with van der Waals surface area (Å²) in [5, 5.41) is 4.68. The Kier molecular flexibility index (Phi) is 4.16. The topological polar surface area (TPSA) is 40.6 Å². The number of halogens is 1. The first-order valence-electron chi connectivity index (χ1n) is 8.63. The maximum Gasteiger partial charge on any atom is 0.300 e. The van der Waals surface area contributed by atoms with Crippen LogP contribution in [0.5, 0.6) is 0 Å². The predicted molar refractivity (Wildman–Crippen MR) is 109 cm³/mol. The molecule has 27 heavy (non-hydrogen) atoms. The molecule has 1 atom stereocenters. The van der Waals surface area contributed by atoms with E-state index in [1.54, 1.807) is 45.8 Å². The van der Waals surface area contributed by atoms with Gasteiger partial charge in [-0.05, 0) is 53.1 Å². The number of amides is 1. The van der Waals surface area contributed by atoms with Crippen molar-refractivity contribution in [3.05, 3.63) is 73.1 Å². The van der Waals surface area contributed by atoms with Gasteiger partial charge < -0.3 is 0 Å². The number of thiophene rings is 2. The molecule has 0 fully saturated rings. The zero-order chi connectivity index (χ0) is 18.5. The van der Waals surface area contributed by atoms with Crippen LogP contribution in [0.1, 0.15) is 31.7 Å². The Labute approximate surface area is 169 Å². The summed E-state index contributed by atoms with van der Waals surface area (Å²) < 4.78 is 0. The minimum absolute atomic E-state index is 0.110. The highest BCUT2D eigenvalue weighted by Gasteiger charge is 2.39. The van der Waals surface area contributed by atoms with Crippen LogP contribution in [-0.2, 0) is 11.2 Å². The summed E-state index contributed by atoms with van der Waals surface area (Å²) in [5.74, 6) is -0.957. The first-order valence-corrected chi connectivity index (χ1v) is 10.8. The second-order valence-electron chi connectivity index (χ2n) is 6.64. The molecule has 136 valence electrons. The van der Waals surface area contributed by atoms with E-state index in [-0.39, 0.29) is 6.04 Å². The number of carbonyl (C=O) groups excluding carboxylic acids is 2. The lowest BCUT2D eigenvalue weighted by molar-refractivity contribution is -0.114. The molecule has 4 heterocycles. The second-order valence-corrected chi connectivity index (χ2v) is 9.06. The second kappa shape index (κ2) is 6.56. The highest BCUT2D eigenvalue weighted by molar-refractivity contribution is 7.10. The Morgan fingerprint density at radius 2 is 2.00 bits per heavy atom. The van der Waals surface area contributed by atoms with Gasteiger partial charge in [0, 0.05) is 21.3 Å². The van der Waals surface area contributed by atoms with E-state index in [9.17, 15) is 9.59 Å². The minimum atomic E-state index is -0.478. The van der Waals surface area contributed by atoms with Crippen LogP contribution in [0.25, 0.3) is 0 Å². The molecule has 1 aromatic carbocycles. The maximum atomic E-state index is 12.6. The lowest BCUT2D eigenvalue weighted by Crippen LogP contribution is -2.45. The molecular weight excluding hydrogens is 400 g/mol. The lowest BCUT2D eigenvalue weighted by atomic mass is 9.99. The van der Waals surface area contributed by atoms with E-state index in [0.29, 0.717) is 22.9 Å². The standard InChI is InChI=1S/C20H15ClN2O2S2/c21-12-3-4-15-14(10-12)19(24)20(25)23(15)11-22-7-5-16-13(6-9-27-16)18(22)17-2-1-8-26-17/h1-4,6,8-10,18H,5,7,11H2/t18-/m1/s1. The van der Waals surface area contributed by atoms with E-state index in [1.165, 1.54) is 15.3 Å². The third-order valence-corrected chi connectivity index (χ3v) is 7.29. The Morgan fingerprint density at radius 3 is 2.81 bits per heavy atom. The number of carbonyl (C=O) groups is 2. The van der Waals surface area contributed by atoms with Crippen molar-refractivity contribution in [3.8, 4) is 0 Å². The summed E-state index contributed by atoms with van der Waals surface area (Å²) in [6, 6.07) is 11.6. The SMILES string of the molecule is O=C1C(=O)N(CN2CCc3sccc3[C@@H]2c2cccs2)c2ccc(Cl)cc21. The number of benzene rings is 1. The number of anilines is 1. The molecular formula is C20H15ClN2O2S2. The summed E-state index contributed by atoms with van der Waals surface area (Å²) in [4.78, 5) is 31.6. The molecule has 0 unspecified atom stereocenters.